The van der Waals surface area contributed by atoms with Crippen molar-refractivity contribution in [1.82, 2.24) is 9.38 Å². The molecule has 0 aliphatic rings. The summed E-state index contributed by atoms with van der Waals surface area (Å²) in [7, 11) is 0. The first kappa shape index (κ1) is 8.26. The Labute approximate surface area is 89.8 Å². The Morgan fingerprint density at radius 3 is 3.14 bits per heavy atom. The van der Waals surface area contributed by atoms with E-state index in [0.29, 0.717) is 0 Å². The monoisotopic (exact) mass is 222 g/mol. The van der Waals surface area contributed by atoms with Crippen LogP contribution >= 0.6 is 22.9 Å². The van der Waals surface area contributed by atoms with Gasteiger partial charge < -0.3 is 0 Å². The third-order valence-corrected chi connectivity index (χ3v) is 3.51. The maximum absolute atomic E-state index is 6.14. The van der Waals surface area contributed by atoms with E-state index in [-0.39, 0.29) is 0 Å². The molecule has 0 saturated carbocycles. The Hall–Kier alpha value is -1.06. The number of aromatic nitrogens is 2. The van der Waals surface area contributed by atoms with Crippen LogP contribution < -0.4 is 0 Å². The number of rotatable bonds is 0. The molecule has 0 aliphatic heterocycles. The van der Waals surface area contributed by atoms with Gasteiger partial charge in [0.15, 0.2) is 4.96 Å². The van der Waals surface area contributed by atoms with E-state index in [1.165, 1.54) is 4.70 Å². The lowest BCUT2D eigenvalue weighted by Crippen LogP contribution is -1.77. The first-order chi connectivity index (χ1) is 6.75. The Bertz CT molecular complexity index is 623. The van der Waals surface area contributed by atoms with Gasteiger partial charge in [-0.1, -0.05) is 29.0 Å². The van der Waals surface area contributed by atoms with E-state index in [2.05, 4.69) is 15.5 Å². The minimum absolute atomic E-state index is 0.783. The van der Waals surface area contributed by atoms with Crippen molar-refractivity contribution in [3.8, 4) is 0 Å². The van der Waals surface area contributed by atoms with Gasteiger partial charge in [0.25, 0.3) is 0 Å². The number of thiazole rings is 1. The molecule has 0 atom stereocenters. The fourth-order valence-electron chi connectivity index (χ4n) is 1.62. The van der Waals surface area contributed by atoms with Crippen LogP contribution in [0.1, 0.15) is 5.69 Å². The van der Waals surface area contributed by atoms with E-state index in [9.17, 15) is 0 Å². The highest BCUT2D eigenvalue weighted by Gasteiger charge is 2.08. The van der Waals surface area contributed by atoms with Crippen LogP contribution in [0.5, 0.6) is 0 Å². The number of benzene rings is 1. The second kappa shape index (κ2) is 2.72. The van der Waals surface area contributed by atoms with E-state index in [1.807, 2.05) is 25.3 Å². The number of halogens is 1. The van der Waals surface area contributed by atoms with Gasteiger partial charge in [0.1, 0.15) is 0 Å². The minimum atomic E-state index is 0.783. The Morgan fingerprint density at radius 1 is 1.43 bits per heavy atom. The van der Waals surface area contributed by atoms with Gasteiger partial charge in [0.05, 0.1) is 20.9 Å². The molecule has 0 radical (unpaired) electrons. The highest BCUT2D eigenvalue weighted by molar-refractivity contribution is 7.23. The predicted octanol–water partition coefficient (Wildman–Crippen LogP) is 3.51. The van der Waals surface area contributed by atoms with Crippen molar-refractivity contribution in [3.05, 3.63) is 35.1 Å². The zero-order valence-electron chi connectivity index (χ0n) is 7.49. The maximum Gasteiger partial charge on any atom is 0.194 e. The average molecular weight is 223 g/mol. The number of nitrogens with zero attached hydrogens (tertiary/aromatic N) is 2. The molecule has 2 nitrogen and oxygen atoms in total. The van der Waals surface area contributed by atoms with E-state index < -0.39 is 0 Å². The smallest absolute Gasteiger partial charge is 0.194 e. The molecule has 0 bridgehead atoms. The second-order valence-corrected chi connectivity index (χ2v) is 4.64. The molecule has 1 aromatic carbocycles. The zero-order chi connectivity index (χ0) is 9.71. The molecule has 3 aromatic rings. The summed E-state index contributed by atoms with van der Waals surface area (Å²) in [6, 6.07) is 5.94. The summed E-state index contributed by atoms with van der Waals surface area (Å²) < 4.78 is 3.23. The van der Waals surface area contributed by atoms with Crippen molar-refractivity contribution in [1.29, 1.82) is 0 Å². The summed E-state index contributed by atoms with van der Waals surface area (Å²) in [5.74, 6) is 0. The molecule has 14 heavy (non-hydrogen) atoms. The van der Waals surface area contributed by atoms with Crippen molar-refractivity contribution in [2.24, 2.45) is 0 Å². The molecule has 0 amide bonds. The summed E-state index contributed by atoms with van der Waals surface area (Å²) in [4.78, 5) is 5.42. The Morgan fingerprint density at radius 2 is 2.29 bits per heavy atom. The Kier molecular flexibility index (Phi) is 1.60. The molecule has 0 aliphatic carbocycles. The molecule has 70 valence electrons. The number of hydrogen-bond acceptors (Lipinski definition) is 2. The van der Waals surface area contributed by atoms with Gasteiger partial charge in [-0.2, -0.15) is 0 Å². The van der Waals surface area contributed by atoms with E-state index in [0.717, 1.165) is 21.2 Å². The first-order valence-corrected chi connectivity index (χ1v) is 5.48. The summed E-state index contributed by atoms with van der Waals surface area (Å²) in [6.07, 6.45) is 2.01. The molecule has 0 spiro atoms. The van der Waals surface area contributed by atoms with Crippen LogP contribution in [0.3, 0.4) is 0 Å². The molecule has 2 heterocycles. The summed E-state index contributed by atoms with van der Waals surface area (Å²) in [5, 5.41) is 0.783. The fraction of sp³-hybridized carbons (Fsp3) is 0.100. The number of fused-ring (bicyclic) bond motifs is 3. The minimum Gasteiger partial charge on any atom is -0.288 e. The van der Waals surface area contributed by atoms with Gasteiger partial charge in [0.2, 0.25) is 0 Å². The van der Waals surface area contributed by atoms with E-state index in [1.54, 1.807) is 11.3 Å². The second-order valence-electron chi connectivity index (χ2n) is 3.22. The lowest BCUT2D eigenvalue weighted by atomic mass is 10.3. The predicted molar refractivity (Wildman–Crippen MR) is 60.3 cm³/mol. The van der Waals surface area contributed by atoms with Gasteiger partial charge in [-0.15, -0.1) is 0 Å². The van der Waals surface area contributed by atoms with Crippen molar-refractivity contribution >= 4 is 38.1 Å². The molecule has 3 rings (SSSR count). The van der Waals surface area contributed by atoms with E-state index >= 15 is 0 Å². The summed E-state index contributed by atoms with van der Waals surface area (Å²) in [5.41, 5.74) is 2.09. The van der Waals surface area contributed by atoms with Crippen LogP contribution in [0.25, 0.3) is 15.2 Å². The summed E-state index contributed by atoms with van der Waals surface area (Å²) >= 11 is 7.81. The molecule has 0 fully saturated rings. The molecule has 4 heteroatoms. The molecular weight excluding hydrogens is 216 g/mol. The topological polar surface area (TPSA) is 17.3 Å². The largest absolute Gasteiger partial charge is 0.288 e. The van der Waals surface area contributed by atoms with Gasteiger partial charge in [0, 0.05) is 6.20 Å². The van der Waals surface area contributed by atoms with Gasteiger partial charge in [-0.3, -0.25) is 4.40 Å². The van der Waals surface area contributed by atoms with Crippen LogP contribution in [0.15, 0.2) is 24.4 Å². The lowest BCUT2D eigenvalue weighted by Gasteiger charge is -1.93. The van der Waals surface area contributed by atoms with E-state index in [4.69, 9.17) is 11.6 Å². The van der Waals surface area contributed by atoms with Crippen LogP contribution in [0.2, 0.25) is 5.02 Å². The lowest BCUT2D eigenvalue weighted by molar-refractivity contribution is 1.28. The van der Waals surface area contributed by atoms with Crippen molar-refractivity contribution in [3.63, 3.8) is 0 Å². The fourth-order valence-corrected chi connectivity index (χ4v) is 3.02. The molecule has 0 N–H and O–H groups in total. The number of imidazole rings is 1. The van der Waals surface area contributed by atoms with Crippen molar-refractivity contribution in [2.75, 3.05) is 0 Å². The van der Waals surface area contributed by atoms with Crippen LogP contribution in [-0.4, -0.2) is 9.38 Å². The molecule has 0 saturated heterocycles. The van der Waals surface area contributed by atoms with Gasteiger partial charge in [-0.05, 0) is 19.1 Å². The van der Waals surface area contributed by atoms with Crippen LogP contribution in [0, 0.1) is 6.92 Å². The highest BCUT2D eigenvalue weighted by Crippen LogP contribution is 2.31. The quantitative estimate of drug-likeness (QED) is 0.569. The molecule has 2 aromatic heterocycles. The Balaban J connectivity index is 2.61. The van der Waals surface area contributed by atoms with Crippen LogP contribution in [-0.2, 0) is 0 Å². The normalized spacial score (nSPS) is 11.6. The highest BCUT2D eigenvalue weighted by atomic mass is 35.5. The van der Waals surface area contributed by atoms with Crippen molar-refractivity contribution < 1.29 is 0 Å². The third-order valence-electron chi connectivity index (χ3n) is 2.19. The third kappa shape index (κ3) is 0.996. The van der Waals surface area contributed by atoms with Crippen molar-refractivity contribution in [2.45, 2.75) is 6.92 Å². The van der Waals surface area contributed by atoms with Crippen LogP contribution in [0.4, 0.5) is 0 Å². The molecular formula is C10H7ClN2S. The standard InChI is InChI=1S/C10H7ClN2S/c1-6-5-13-9-7(11)3-2-4-8(9)14-10(13)12-6/h2-5H,1H3. The first-order valence-electron chi connectivity index (χ1n) is 4.28. The number of aryl methyl sites for hydroxylation is 1. The molecule has 0 unspecified atom stereocenters. The number of hydrogen-bond donors (Lipinski definition) is 0. The number of para-hydroxylation sites is 1. The SMILES string of the molecule is Cc1cn2c(n1)sc1cccc(Cl)c12. The zero-order valence-corrected chi connectivity index (χ0v) is 9.06. The van der Waals surface area contributed by atoms with Gasteiger partial charge >= 0.3 is 0 Å². The maximum atomic E-state index is 6.14. The van der Waals surface area contributed by atoms with Gasteiger partial charge in [-0.25, -0.2) is 4.98 Å². The average Bonchev–Trinajstić information content (AvgIpc) is 2.60. The summed E-state index contributed by atoms with van der Waals surface area (Å²) in [6.45, 7) is 1.99.